The molecule has 0 aromatic carbocycles. The number of methoxy groups -OCH3 is 1. The SMILES string of the molecule is COC1CN(CCc2cc3n(n2)CC[C@@H](NC(=O)c2ncn[nH]2)C(=O)N3C)C1. The Morgan fingerprint density at radius 3 is 2.96 bits per heavy atom. The van der Waals surface area contributed by atoms with E-state index in [1.807, 2.05) is 10.7 Å². The van der Waals surface area contributed by atoms with Crippen LogP contribution in [-0.2, 0) is 22.5 Å². The van der Waals surface area contributed by atoms with Crippen LogP contribution in [0.5, 0.6) is 0 Å². The van der Waals surface area contributed by atoms with E-state index in [9.17, 15) is 9.59 Å². The number of likely N-dealkylation sites (N-methyl/N-ethyl adjacent to an activating group) is 1. The first kappa shape index (κ1) is 18.6. The van der Waals surface area contributed by atoms with Gasteiger partial charge in [-0.2, -0.15) is 10.2 Å². The zero-order chi connectivity index (χ0) is 19.7. The van der Waals surface area contributed by atoms with Crippen molar-refractivity contribution in [3.63, 3.8) is 0 Å². The number of nitrogens with one attached hydrogen (secondary N) is 2. The molecule has 0 bridgehead atoms. The lowest BCUT2D eigenvalue weighted by Crippen LogP contribution is -2.52. The highest BCUT2D eigenvalue weighted by molar-refractivity contribution is 6.00. The molecule has 2 aromatic rings. The molecule has 150 valence electrons. The van der Waals surface area contributed by atoms with Crippen molar-refractivity contribution in [2.75, 3.05) is 38.7 Å². The summed E-state index contributed by atoms with van der Waals surface area (Å²) in [4.78, 5) is 32.7. The van der Waals surface area contributed by atoms with E-state index in [1.165, 1.54) is 6.33 Å². The van der Waals surface area contributed by atoms with E-state index in [0.29, 0.717) is 19.1 Å². The van der Waals surface area contributed by atoms with Crippen LogP contribution in [0.25, 0.3) is 0 Å². The average Bonchev–Trinajstić information content (AvgIpc) is 3.31. The summed E-state index contributed by atoms with van der Waals surface area (Å²) in [7, 11) is 3.44. The number of aromatic nitrogens is 5. The Bertz CT molecular complexity index is 843. The lowest BCUT2D eigenvalue weighted by molar-refractivity contribution is -0.120. The van der Waals surface area contributed by atoms with E-state index in [4.69, 9.17) is 4.74 Å². The predicted octanol–water partition coefficient (Wildman–Crippen LogP) is -0.961. The maximum Gasteiger partial charge on any atom is 0.289 e. The number of fused-ring (bicyclic) bond motifs is 1. The van der Waals surface area contributed by atoms with Crippen LogP contribution in [0.15, 0.2) is 12.4 Å². The van der Waals surface area contributed by atoms with Gasteiger partial charge in [0.1, 0.15) is 18.2 Å². The van der Waals surface area contributed by atoms with Crippen molar-refractivity contribution >= 4 is 17.6 Å². The first-order valence-corrected chi connectivity index (χ1v) is 9.31. The minimum Gasteiger partial charge on any atom is -0.379 e. The zero-order valence-electron chi connectivity index (χ0n) is 16.0. The summed E-state index contributed by atoms with van der Waals surface area (Å²) in [6, 6.07) is 1.31. The van der Waals surface area contributed by atoms with Gasteiger partial charge >= 0.3 is 0 Å². The smallest absolute Gasteiger partial charge is 0.289 e. The summed E-state index contributed by atoms with van der Waals surface area (Å²) in [6.45, 7) is 3.37. The van der Waals surface area contributed by atoms with Gasteiger partial charge in [-0.15, -0.1) is 0 Å². The molecule has 2 aliphatic heterocycles. The number of aromatic amines is 1. The van der Waals surface area contributed by atoms with Crippen LogP contribution in [-0.4, -0.2) is 87.6 Å². The molecule has 11 heteroatoms. The number of H-pyrrole nitrogens is 1. The highest BCUT2D eigenvalue weighted by Crippen LogP contribution is 2.22. The second-order valence-corrected chi connectivity index (χ2v) is 7.13. The number of hydrogen-bond donors (Lipinski definition) is 2. The molecular weight excluding hydrogens is 364 g/mol. The van der Waals surface area contributed by atoms with Crippen molar-refractivity contribution in [1.82, 2.24) is 35.2 Å². The van der Waals surface area contributed by atoms with Crippen molar-refractivity contribution in [3.8, 4) is 0 Å². The molecule has 28 heavy (non-hydrogen) atoms. The van der Waals surface area contributed by atoms with Crippen molar-refractivity contribution in [3.05, 3.63) is 23.9 Å². The number of carbonyl (C=O) groups is 2. The van der Waals surface area contributed by atoms with Crippen LogP contribution >= 0.6 is 0 Å². The van der Waals surface area contributed by atoms with E-state index in [0.717, 1.165) is 37.6 Å². The molecule has 0 radical (unpaired) electrons. The molecule has 0 saturated carbocycles. The van der Waals surface area contributed by atoms with Gasteiger partial charge in [0.2, 0.25) is 5.82 Å². The third-order valence-corrected chi connectivity index (χ3v) is 5.29. The van der Waals surface area contributed by atoms with E-state index >= 15 is 0 Å². The quantitative estimate of drug-likeness (QED) is 0.654. The third kappa shape index (κ3) is 3.62. The van der Waals surface area contributed by atoms with Crippen molar-refractivity contribution in [2.45, 2.75) is 31.5 Å². The molecular formula is C17H24N8O3. The fourth-order valence-electron chi connectivity index (χ4n) is 3.54. The first-order valence-electron chi connectivity index (χ1n) is 9.31. The van der Waals surface area contributed by atoms with Crippen molar-refractivity contribution in [1.29, 1.82) is 0 Å². The van der Waals surface area contributed by atoms with Crippen molar-refractivity contribution < 1.29 is 14.3 Å². The normalized spacial score (nSPS) is 20.6. The van der Waals surface area contributed by atoms with Crippen LogP contribution in [0.2, 0.25) is 0 Å². The molecule has 4 heterocycles. The summed E-state index contributed by atoms with van der Waals surface area (Å²) < 4.78 is 7.13. The molecule has 4 rings (SSSR count). The Labute approximate surface area is 162 Å². The second kappa shape index (κ2) is 7.68. The lowest BCUT2D eigenvalue weighted by atomic mass is 10.1. The van der Waals surface area contributed by atoms with E-state index in [2.05, 4.69) is 30.5 Å². The van der Waals surface area contributed by atoms with Gasteiger partial charge in [-0.3, -0.25) is 24.5 Å². The molecule has 1 fully saturated rings. The summed E-state index contributed by atoms with van der Waals surface area (Å²) in [5.41, 5.74) is 0.958. The Balaban J connectivity index is 1.37. The van der Waals surface area contributed by atoms with E-state index in [-0.39, 0.29) is 11.7 Å². The number of aryl methyl sites for hydroxylation is 1. The van der Waals surface area contributed by atoms with Crippen LogP contribution in [0.1, 0.15) is 22.7 Å². The van der Waals surface area contributed by atoms with Crippen LogP contribution in [0.3, 0.4) is 0 Å². The molecule has 2 aromatic heterocycles. The van der Waals surface area contributed by atoms with Gasteiger partial charge in [-0.25, -0.2) is 9.67 Å². The Kier molecular flexibility index (Phi) is 5.09. The lowest BCUT2D eigenvalue weighted by Gasteiger charge is -2.37. The Morgan fingerprint density at radius 1 is 1.43 bits per heavy atom. The summed E-state index contributed by atoms with van der Waals surface area (Å²) >= 11 is 0. The highest BCUT2D eigenvalue weighted by atomic mass is 16.5. The molecule has 11 nitrogen and oxygen atoms in total. The summed E-state index contributed by atoms with van der Waals surface area (Å²) in [5, 5.41) is 13.5. The topological polar surface area (TPSA) is 121 Å². The van der Waals surface area contributed by atoms with Gasteiger partial charge in [-0.05, 0) is 6.42 Å². The number of amides is 2. The van der Waals surface area contributed by atoms with Crippen LogP contribution in [0, 0.1) is 0 Å². The molecule has 0 spiro atoms. The maximum atomic E-state index is 12.8. The second-order valence-electron chi connectivity index (χ2n) is 7.13. The van der Waals surface area contributed by atoms with E-state index in [1.54, 1.807) is 19.1 Å². The molecule has 2 aliphatic rings. The third-order valence-electron chi connectivity index (χ3n) is 5.29. The van der Waals surface area contributed by atoms with Crippen LogP contribution < -0.4 is 10.2 Å². The molecule has 1 saturated heterocycles. The number of nitrogens with zero attached hydrogens (tertiary/aromatic N) is 6. The molecule has 0 unspecified atom stereocenters. The van der Waals surface area contributed by atoms with Gasteiger partial charge < -0.3 is 10.1 Å². The fourth-order valence-corrected chi connectivity index (χ4v) is 3.54. The van der Waals surface area contributed by atoms with Gasteiger partial charge in [0.25, 0.3) is 11.8 Å². The van der Waals surface area contributed by atoms with Gasteiger partial charge in [-0.1, -0.05) is 0 Å². The minimum atomic E-state index is -0.639. The van der Waals surface area contributed by atoms with Gasteiger partial charge in [0.15, 0.2) is 0 Å². The zero-order valence-corrected chi connectivity index (χ0v) is 16.0. The molecule has 2 amide bonds. The monoisotopic (exact) mass is 388 g/mol. The number of anilines is 1. The number of hydrogen-bond acceptors (Lipinski definition) is 7. The van der Waals surface area contributed by atoms with E-state index < -0.39 is 11.9 Å². The molecule has 0 aliphatic carbocycles. The largest absolute Gasteiger partial charge is 0.379 e. The highest BCUT2D eigenvalue weighted by Gasteiger charge is 2.31. The number of ether oxygens (including phenoxy) is 1. The molecule has 1 atom stereocenters. The van der Waals surface area contributed by atoms with Gasteiger partial charge in [0, 0.05) is 52.8 Å². The predicted molar refractivity (Wildman–Crippen MR) is 98.8 cm³/mol. The van der Waals surface area contributed by atoms with Gasteiger partial charge in [0.05, 0.1) is 11.8 Å². The minimum absolute atomic E-state index is 0.0847. The van der Waals surface area contributed by atoms with Crippen molar-refractivity contribution in [2.24, 2.45) is 0 Å². The molecule has 2 N–H and O–H groups in total. The average molecular weight is 388 g/mol. The summed E-state index contributed by atoms with van der Waals surface area (Å²) in [6.07, 6.45) is 2.87. The van der Waals surface area contributed by atoms with Crippen LogP contribution in [0.4, 0.5) is 5.82 Å². The number of rotatable bonds is 6. The number of likely N-dealkylation sites (tertiary alicyclic amines) is 1. The Morgan fingerprint density at radius 2 is 2.25 bits per heavy atom. The summed E-state index contributed by atoms with van der Waals surface area (Å²) in [5.74, 6) is 0.202. The Hall–Kier alpha value is -2.79. The first-order chi connectivity index (χ1) is 13.5. The fraction of sp³-hybridized carbons (Fsp3) is 0.588. The number of carbonyl (C=O) groups excluding carboxylic acids is 2. The standard InChI is InChI=1S/C17H24N8O3/c1-23-14-7-11(3-5-24-8-12(9-24)28-2)22-25(14)6-4-13(17(23)27)20-16(26)15-18-10-19-21-15/h7,10,12-13H,3-6,8-9H2,1-2H3,(H,20,26)(H,18,19,21)/t13-/m1/s1. The maximum absolute atomic E-state index is 12.8.